The SMILES string of the molecule is CCCC(Nc1nc2cc(F)ccc2o1)C(=O)O. The van der Waals surface area contributed by atoms with E-state index in [0.717, 1.165) is 6.42 Å². The van der Waals surface area contributed by atoms with Crippen LogP contribution in [0.3, 0.4) is 0 Å². The lowest BCUT2D eigenvalue weighted by atomic mass is 10.2. The molecular formula is C12H13FN2O3. The van der Waals surface area contributed by atoms with Gasteiger partial charge in [0, 0.05) is 6.07 Å². The molecule has 6 heteroatoms. The molecule has 2 N–H and O–H groups in total. The van der Waals surface area contributed by atoms with Crippen molar-refractivity contribution in [1.82, 2.24) is 4.98 Å². The van der Waals surface area contributed by atoms with Crippen molar-refractivity contribution in [2.75, 3.05) is 5.32 Å². The quantitative estimate of drug-likeness (QED) is 0.855. The van der Waals surface area contributed by atoms with E-state index in [9.17, 15) is 9.18 Å². The summed E-state index contributed by atoms with van der Waals surface area (Å²) in [5.74, 6) is -1.38. The molecule has 1 aromatic heterocycles. The largest absolute Gasteiger partial charge is 0.480 e. The molecule has 0 aliphatic carbocycles. The summed E-state index contributed by atoms with van der Waals surface area (Å²) in [6.07, 6.45) is 1.18. The van der Waals surface area contributed by atoms with Crippen LogP contribution in [-0.2, 0) is 4.79 Å². The third-order valence-corrected chi connectivity index (χ3v) is 2.52. The van der Waals surface area contributed by atoms with Gasteiger partial charge in [-0.05, 0) is 18.6 Å². The van der Waals surface area contributed by atoms with Crippen LogP contribution in [0, 0.1) is 5.82 Å². The van der Waals surface area contributed by atoms with Crippen molar-refractivity contribution in [1.29, 1.82) is 0 Å². The number of hydrogen-bond acceptors (Lipinski definition) is 4. The van der Waals surface area contributed by atoms with Crippen molar-refractivity contribution in [2.24, 2.45) is 0 Å². The van der Waals surface area contributed by atoms with Gasteiger partial charge in [0.1, 0.15) is 17.4 Å². The van der Waals surface area contributed by atoms with E-state index in [1.807, 2.05) is 6.92 Å². The van der Waals surface area contributed by atoms with E-state index in [-0.39, 0.29) is 6.01 Å². The molecule has 1 atom stereocenters. The summed E-state index contributed by atoms with van der Waals surface area (Å²) >= 11 is 0. The maximum absolute atomic E-state index is 13.0. The molecule has 18 heavy (non-hydrogen) atoms. The van der Waals surface area contributed by atoms with Gasteiger partial charge in [0.15, 0.2) is 5.58 Å². The minimum atomic E-state index is -0.967. The Kier molecular flexibility index (Phi) is 3.45. The lowest BCUT2D eigenvalue weighted by molar-refractivity contribution is -0.138. The average molecular weight is 252 g/mol. The minimum absolute atomic E-state index is 0.0939. The summed E-state index contributed by atoms with van der Waals surface area (Å²) < 4.78 is 18.3. The van der Waals surface area contributed by atoms with Gasteiger partial charge in [-0.25, -0.2) is 9.18 Å². The van der Waals surface area contributed by atoms with Crippen LogP contribution < -0.4 is 5.32 Å². The van der Waals surface area contributed by atoms with E-state index < -0.39 is 17.8 Å². The number of anilines is 1. The van der Waals surface area contributed by atoms with Gasteiger partial charge in [-0.3, -0.25) is 0 Å². The zero-order valence-electron chi connectivity index (χ0n) is 9.81. The molecule has 0 spiro atoms. The first kappa shape index (κ1) is 12.3. The molecule has 2 aromatic rings. The van der Waals surface area contributed by atoms with E-state index >= 15 is 0 Å². The number of oxazole rings is 1. The molecule has 2 rings (SSSR count). The van der Waals surface area contributed by atoms with Gasteiger partial charge in [0.2, 0.25) is 0 Å². The Morgan fingerprint density at radius 3 is 3.06 bits per heavy atom. The molecule has 0 aliphatic heterocycles. The molecule has 0 saturated heterocycles. The van der Waals surface area contributed by atoms with Crippen molar-refractivity contribution in [3.8, 4) is 0 Å². The molecule has 0 saturated carbocycles. The Hall–Kier alpha value is -2.11. The van der Waals surface area contributed by atoms with Gasteiger partial charge < -0.3 is 14.8 Å². The Balaban J connectivity index is 2.22. The monoisotopic (exact) mass is 252 g/mol. The molecule has 0 aliphatic rings. The zero-order valence-corrected chi connectivity index (χ0v) is 9.81. The normalized spacial score (nSPS) is 12.6. The lowest BCUT2D eigenvalue weighted by Gasteiger charge is -2.10. The highest BCUT2D eigenvalue weighted by Gasteiger charge is 2.18. The van der Waals surface area contributed by atoms with Crippen LogP contribution in [0.15, 0.2) is 22.6 Å². The molecule has 5 nitrogen and oxygen atoms in total. The Morgan fingerprint density at radius 2 is 2.39 bits per heavy atom. The third-order valence-electron chi connectivity index (χ3n) is 2.52. The number of rotatable bonds is 5. The number of aromatic nitrogens is 1. The number of aliphatic carboxylic acids is 1. The maximum Gasteiger partial charge on any atom is 0.326 e. The van der Waals surface area contributed by atoms with Gasteiger partial charge in [0.25, 0.3) is 6.01 Å². The minimum Gasteiger partial charge on any atom is -0.480 e. The summed E-state index contributed by atoms with van der Waals surface area (Å²) in [5, 5.41) is 11.7. The number of nitrogens with one attached hydrogen (secondary N) is 1. The number of carboxylic acid groups (broad SMARTS) is 1. The number of carboxylic acids is 1. The van der Waals surface area contributed by atoms with Crippen LogP contribution in [-0.4, -0.2) is 22.1 Å². The second-order valence-corrected chi connectivity index (χ2v) is 3.95. The van der Waals surface area contributed by atoms with Gasteiger partial charge in [-0.15, -0.1) is 0 Å². The van der Waals surface area contributed by atoms with Crippen LogP contribution in [0.1, 0.15) is 19.8 Å². The van der Waals surface area contributed by atoms with Crippen LogP contribution in [0.2, 0.25) is 0 Å². The van der Waals surface area contributed by atoms with E-state index in [2.05, 4.69) is 10.3 Å². The topological polar surface area (TPSA) is 75.4 Å². The molecule has 1 unspecified atom stereocenters. The van der Waals surface area contributed by atoms with Crippen molar-refractivity contribution in [3.63, 3.8) is 0 Å². The van der Waals surface area contributed by atoms with Gasteiger partial charge in [-0.1, -0.05) is 13.3 Å². The smallest absolute Gasteiger partial charge is 0.326 e. The predicted octanol–water partition coefficient (Wildman–Crippen LogP) is 2.63. The number of carbonyl (C=O) groups is 1. The van der Waals surface area contributed by atoms with Gasteiger partial charge in [-0.2, -0.15) is 4.98 Å². The highest BCUT2D eigenvalue weighted by Crippen LogP contribution is 2.20. The third kappa shape index (κ3) is 2.58. The number of halogens is 1. The predicted molar refractivity (Wildman–Crippen MR) is 63.9 cm³/mol. The van der Waals surface area contributed by atoms with Crippen LogP contribution in [0.4, 0.5) is 10.4 Å². The molecule has 0 bridgehead atoms. The van der Waals surface area contributed by atoms with E-state index in [4.69, 9.17) is 9.52 Å². The number of hydrogen-bond donors (Lipinski definition) is 2. The Labute approximate surface area is 103 Å². The standard InChI is InChI=1S/C12H13FN2O3/c1-2-3-8(11(16)17)14-12-15-9-6-7(13)4-5-10(9)18-12/h4-6,8H,2-3H2,1H3,(H,14,15)(H,16,17). The highest BCUT2D eigenvalue weighted by molar-refractivity contribution is 5.78. The van der Waals surface area contributed by atoms with Crippen molar-refractivity contribution >= 4 is 23.1 Å². The first-order valence-electron chi connectivity index (χ1n) is 5.65. The maximum atomic E-state index is 13.0. The van der Waals surface area contributed by atoms with Crippen molar-refractivity contribution in [2.45, 2.75) is 25.8 Å². The second-order valence-electron chi connectivity index (χ2n) is 3.95. The fourth-order valence-electron chi connectivity index (χ4n) is 1.66. The Bertz CT molecular complexity index is 567. The van der Waals surface area contributed by atoms with Gasteiger partial charge in [0.05, 0.1) is 0 Å². The summed E-state index contributed by atoms with van der Waals surface area (Å²) in [6, 6.07) is 3.29. The number of fused-ring (bicyclic) bond motifs is 1. The first-order chi connectivity index (χ1) is 8.60. The lowest BCUT2D eigenvalue weighted by Crippen LogP contribution is -2.29. The molecule has 96 valence electrons. The van der Waals surface area contributed by atoms with Gasteiger partial charge >= 0.3 is 5.97 Å². The van der Waals surface area contributed by atoms with E-state index in [1.165, 1.54) is 18.2 Å². The van der Waals surface area contributed by atoms with Crippen molar-refractivity contribution in [3.05, 3.63) is 24.0 Å². The molecule has 1 aromatic carbocycles. The van der Waals surface area contributed by atoms with Crippen LogP contribution in [0.25, 0.3) is 11.1 Å². The summed E-state index contributed by atoms with van der Waals surface area (Å²) in [5.41, 5.74) is 0.776. The van der Waals surface area contributed by atoms with Crippen LogP contribution >= 0.6 is 0 Å². The molecule has 0 radical (unpaired) electrons. The number of nitrogens with zero attached hydrogens (tertiary/aromatic N) is 1. The fraction of sp³-hybridized carbons (Fsp3) is 0.333. The summed E-state index contributed by atoms with van der Waals surface area (Å²) in [4.78, 5) is 15.0. The Morgan fingerprint density at radius 1 is 1.61 bits per heavy atom. The first-order valence-corrected chi connectivity index (χ1v) is 5.65. The molecule has 1 heterocycles. The van der Waals surface area contributed by atoms with Crippen molar-refractivity contribution < 1.29 is 18.7 Å². The van der Waals surface area contributed by atoms with E-state index in [1.54, 1.807) is 0 Å². The fourth-order valence-corrected chi connectivity index (χ4v) is 1.66. The zero-order chi connectivity index (χ0) is 13.1. The number of benzene rings is 1. The summed E-state index contributed by atoms with van der Waals surface area (Å²) in [7, 11) is 0. The van der Waals surface area contributed by atoms with Crippen LogP contribution in [0.5, 0.6) is 0 Å². The summed E-state index contributed by atoms with van der Waals surface area (Å²) in [6.45, 7) is 1.89. The molecular weight excluding hydrogens is 239 g/mol. The second kappa shape index (κ2) is 5.03. The molecule has 0 fully saturated rings. The highest BCUT2D eigenvalue weighted by atomic mass is 19.1. The average Bonchev–Trinajstić information content (AvgIpc) is 2.69. The van der Waals surface area contributed by atoms with E-state index in [0.29, 0.717) is 17.5 Å². The molecule has 0 amide bonds.